The SMILES string of the molecule is CC(=O)Nc1cccc(NC(=O)NCCCCCO)c1. The third-order valence-corrected chi connectivity index (χ3v) is 2.56. The number of unbranched alkanes of at least 4 members (excludes halogenated alkanes) is 2. The van der Waals surface area contributed by atoms with E-state index in [1.165, 1.54) is 6.92 Å². The molecular weight excluding hydrogens is 258 g/mol. The molecule has 0 bridgehead atoms. The van der Waals surface area contributed by atoms with Crippen molar-refractivity contribution in [3.8, 4) is 0 Å². The Labute approximate surface area is 118 Å². The average molecular weight is 279 g/mol. The van der Waals surface area contributed by atoms with Crippen molar-refractivity contribution in [3.63, 3.8) is 0 Å². The highest BCUT2D eigenvalue weighted by Crippen LogP contribution is 2.14. The summed E-state index contributed by atoms with van der Waals surface area (Å²) in [5.41, 5.74) is 1.25. The Morgan fingerprint density at radius 1 is 1.10 bits per heavy atom. The molecule has 4 N–H and O–H groups in total. The van der Waals surface area contributed by atoms with Crippen LogP contribution in [-0.4, -0.2) is 30.2 Å². The van der Waals surface area contributed by atoms with Gasteiger partial charge in [-0.25, -0.2) is 4.79 Å². The van der Waals surface area contributed by atoms with Gasteiger partial charge in [-0.3, -0.25) is 4.79 Å². The molecule has 0 fully saturated rings. The number of aliphatic hydroxyl groups excluding tert-OH is 1. The number of carbonyl (C=O) groups is 2. The fraction of sp³-hybridized carbons (Fsp3) is 0.429. The Morgan fingerprint density at radius 2 is 1.80 bits per heavy atom. The minimum Gasteiger partial charge on any atom is -0.396 e. The van der Waals surface area contributed by atoms with Gasteiger partial charge in [0, 0.05) is 31.5 Å². The summed E-state index contributed by atoms with van der Waals surface area (Å²) in [5, 5.41) is 16.7. The van der Waals surface area contributed by atoms with E-state index in [0.29, 0.717) is 17.9 Å². The molecule has 0 aliphatic heterocycles. The van der Waals surface area contributed by atoms with Gasteiger partial charge in [0.15, 0.2) is 0 Å². The van der Waals surface area contributed by atoms with Gasteiger partial charge in [0.2, 0.25) is 5.91 Å². The van der Waals surface area contributed by atoms with E-state index < -0.39 is 0 Å². The number of nitrogens with one attached hydrogen (secondary N) is 3. The third-order valence-electron chi connectivity index (χ3n) is 2.56. The first-order chi connectivity index (χ1) is 9.61. The lowest BCUT2D eigenvalue weighted by atomic mass is 10.2. The summed E-state index contributed by atoms with van der Waals surface area (Å²) in [5.74, 6) is -0.157. The molecule has 0 aliphatic carbocycles. The number of urea groups is 1. The molecule has 0 saturated carbocycles. The summed E-state index contributed by atoms with van der Waals surface area (Å²) in [7, 11) is 0. The van der Waals surface area contributed by atoms with Crippen molar-refractivity contribution in [2.75, 3.05) is 23.8 Å². The Balaban J connectivity index is 2.36. The van der Waals surface area contributed by atoms with E-state index in [0.717, 1.165) is 19.3 Å². The molecule has 0 unspecified atom stereocenters. The molecule has 1 aromatic rings. The minimum atomic E-state index is -0.283. The molecule has 0 radical (unpaired) electrons. The largest absolute Gasteiger partial charge is 0.396 e. The number of carbonyl (C=O) groups excluding carboxylic acids is 2. The van der Waals surface area contributed by atoms with E-state index in [1.54, 1.807) is 24.3 Å². The molecule has 0 atom stereocenters. The van der Waals surface area contributed by atoms with Gasteiger partial charge >= 0.3 is 6.03 Å². The maximum atomic E-state index is 11.6. The van der Waals surface area contributed by atoms with Gasteiger partial charge in [0.25, 0.3) is 0 Å². The van der Waals surface area contributed by atoms with Crippen LogP contribution in [0.15, 0.2) is 24.3 Å². The first-order valence-electron chi connectivity index (χ1n) is 6.65. The fourth-order valence-corrected chi connectivity index (χ4v) is 1.67. The van der Waals surface area contributed by atoms with Crippen LogP contribution in [0.2, 0.25) is 0 Å². The van der Waals surface area contributed by atoms with Crippen molar-refractivity contribution in [2.24, 2.45) is 0 Å². The highest BCUT2D eigenvalue weighted by atomic mass is 16.3. The third kappa shape index (κ3) is 6.75. The molecule has 0 aromatic heterocycles. The summed E-state index contributed by atoms with van der Waals surface area (Å²) in [6.07, 6.45) is 2.47. The van der Waals surface area contributed by atoms with Crippen molar-refractivity contribution in [1.29, 1.82) is 0 Å². The number of anilines is 2. The maximum Gasteiger partial charge on any atom is 0.319 e. The van der Waals surface area contributed by atoms with Crippen LogP contribution >= 0.6 is 0 Å². The summed E-state index contributed by atoms with van der Waals surface area (Å²) in [6, 6.07) is 6.65. The molecule has 6 heteroatoms. The van der Waals surface area contributed by atoms with Crippen LogP contribution in [0.4, 0.5) is 16.2 Å². The molecule has 6 nitrogen and oxygen atoms in total. The lowest BCUT2D eigenvalue weighted by Gasteiger charge is -2.09. The van der Waals surface area contributed by atoms with Crippen molar-refractivity contribution < 1.29 is 14.7 Å². The molecule has 3 amide bonds. The second-order valence-electron chi connectivity index (χ2n) is 4.43. The number of aliphatic hydroxyl groups is 1. The summed E-state index contributed by atoms with van der Waals surface area (Å²) < 4.78 is 0. The van der Waals surface area contributed by atoms with Gasteiger partial charge in [-0.15, -0.1) is 0 Å². The normalized spacial score (nSPS) is 9.90. The molecule has 0 saturated heterocycles. The van der Waals surface area contributed by atoms with Gasteiger partial charge in [-0.2, -0.15) is 0 Å². The van der Waals surface area contributed by atoms with E-state index in [4.69, 9.17) is 5.11 Å². The van der Waals surface area contributed by atoms with Gasteiger partial charge in [0.05, 0.1) is 0 Å². The van der Waals surface area contributed by atoms with E-state index >= 15 is 0 Å². The Kier molecular flexibility index (Phi) is 7.13. The Hall–Kier alpha value is -2.08. The summed E-state index contributed by atoms with van der Waals surface area (Å²) in [6.45, 7) is 2.18. The molecular formula is C14H21N3O3. The molecule has 110 valence electrons. The zero-order chi connectivity index (χ0) is 14.8. The summed E-state index contributed by atoms with van der Waals surface area (Å²) in [4.78, 5) is 22.6. The van der Waals surface area contributed by atoms with Crippen LogP contribution < -0.4 is 16.0 Å². The first kappa shape index (κ1) is 16.0. The highest BCUT2D eigenvalue weighted by Gasteiger charge is 2.02. The van der Waals surface area contributed by atoms with E-state index in [2.05, 4.69) is 16.0 Å². The van der Waals surface area contributed by atoms with Crippen LogP contribution in [0.3, 0.4) is 0 Å². The van der Waals surface area contributed by atoms with Crippen LogP contribution in [0.1, 0.15) is 26.2 Å². The van der Waals surface area contributed by atoms with Crippen LogP contribution in [0.5, 0.6) is 0 Å². The Morgan fingerprint density at radius 3 is 2.45 bits per heavy atom. The molecule has 0 aliphatic rings. The molecule has 0 heterocycles. The quantitative estimate of drug-likeness (QED) is 0.575. The lowest BCUT2D eigenvalue weighted by molar-refractivity contribution is -0.114. The molecule has 1 aromatic carbocycles. The van der Waals surface area contributed by atoms with Gasteiger partial charge in [-0.05, 0) is 37.5 Å². The zero-order valence-corrected chi connectivity index (χ0v) is 11.6. The fourth-order valence-electron chi connectivity index (χ4n) is 1.67. The Bertz CT molecular complexity index is 449. The molecule has 20 heavy (non-hydrogen) atoms. The van der Waals surface area contributed by atoms with Crippen LogP contribution in [-0.2, 0) is 4.79 Å². The van der Waals surface area contributed by atoms with Crippen molar-refractivity contribution in [1.82, 2.24) is 5.32 Å². The topological polar surface area (TPSA) is 90.5 Å². The van der Waals surface area contributed by atoms with Crippen LogP contribution in [0, 0.1) is 0 Å². The van der Waals surface area contributed by atoms with E-state index in [-0.39, 0.29) is 18.5 Å². The molecule has 0 spiro atoms. The second-order valence-corrected chi connectivity index (χ2v) is 4.43. The number of amides is 3. The van der Waals surface area contributed by atoms with Gasteiger partial charge < -0.3 is 21.1 Å². The van der Waals surface area contributed by atoms with Crippen molar-refractivity contribution in [3.05, 3.63) is 24.3 Å². The highest BCUT2D eigenvalue weighted by molar-refractivity contribution is 5.92. The van der Waals surface area contributed by atoms with E-state index in [1.807, 2.05) is 0 Å². The predicted molar refractivity (Wildman–Crippen MR) is 78.7 cm³/mol. The van der Waals surface area contributed by atoms with E-state index in [9.17, 15) is 9.59 Å². The predicted octanol–water partition coefficient (Wildman–Crippen LogP) is 1.93. The zero-order valence-electron chi connectivity index (χ0n) is 11.6. The maximum absolute atomic E-state index is 11.6. The standard InChI is InChI=1S/C14H21N3O3/c1-11(19)16-12-6-5-7-13(10-12)17-14(20)15-8-3-2-4-9-18/h5-7,10,18H,2-4,8-9H2,1H3,(H,16,19)(H2,15,17,20). The second kappa shape index (κ2) is 8.92. The van der Waals surface area contributed by atoms with Gasteiger partial charge in [-0.1, -0.05) is 6.07 Å². The monoisotopic (exact) mass is 279 g/mol. The number of rotatable bonds is 7. The van der Waals surface area contributed by atoms with Gasteiger partial charge in [0.1, 0.15) is 0 Å². The lowest BCUT2D eigenvalue weighted by Crippen LogP contribution is -2.29. The smallest absolute Gasteiger partial charge is 0.319 e. The number of hydrogen-bond donors (Lipinski definition) is 4. The van der Waals surface area contributed by atoms with Crippen molar-refractivity contribution in [2.45, 2.75) is 26.2 Å². The molecule has 1 rings (SSSR count). The van der Waals surface area contributed by atoms with Crippen LogP contribution in [0.25, 0.3) is 0 Å². The summed E-state index contributed by atoms with van der Waals surface area (Å²) >= 11 is 0. The first-order valence-corrected chi connectivity index (χ1v) is 6.65. The number of hydrogen-bond acceptors (Lipinski definition) is 3. The minimum absolute atomic E-state index is 0.157. The number of benzene rings is 1. The average Bonchev–Trinajstić information content (AvgIpc) is 2.38. The van der Waals surface area contributed by atoms with Crippen molar-refractivity contribution >= 4 is 23.3 Å².